The Morgan fingerprint density at radius 2 is 1.68 bits per heavy atom. The highest BCUT2D eigenvalue weighted by Crippen LogP contribution is 2.71. The first-order valence-corrected chi connectivity index (χ1v) is 14.5. The van der Waals surface area contributed by atoms with Gasteiger partial charge in [0.1, 0.15) is 28.6 Å². The molecule has 4 aliphatic rings. The second-order valence-corrected chi connectivity index (χ2v) is 13.5. The zero-order valence-corrected chi connectivity index (χ0v) is 24.8. The molecule has 41 heavy (non-hydrogen) atoms. The molecular weight excluding hydrogens is 524 g/mol. The molecule has 0 heterocycles. The molecule has 0 radical (unpaired) electrons. The Balaban J connectivity index is 1.93. The summed E-state index contributed by atoms with van der Waals surface area (Å²) in [5, 5.41) is 46.9. The van der Waals surface area contributed by atoms with Gasteiger partial charge in [-0.05, 0) is 55.6 Å². The van der Waals surface area contributed by atoms with Crippen LogP contribution in [0.15, 0.2) is 29.0 Å². The highest BCUT2D eigenvalue weighted by Gasteiger charge is 2.77. The molecule has 0 spiro atoms. The number of carbonyl (C=O) groups is 4. The number of carbonyl (C=O) groups excluding carboxylic acids is 4. The average Bonchev–Trinajstić information content (AvgIpc) is 2.83. The number of allylic oxidation sites excluding steroid dienone is 1. The van der Waals surface area contributed by atoms with Gasteiger partial charge in [0.25, 0.3) is 0 Å². The van der Waals surface area contributed by atoms with Crippen molar-refractivity contribution in [2.75, 3.05) is 0 Å². The first-order valence-electron chi connectivity index (χ1n) is 14.5. The molecule has 0 bridgehead atoms. The summed E-state index contributed by atoms with van der Waals surface area (Å²) in [5.41, 5.74) is -5.50. The number of rotatable bonds is 5. The summed E-state index contributed by atoms with van der Waals surface area (Å²) in [7, 11) is 0. The predicted molar refractivity (Wildman–Crippen MR) is 151 cm³/mol. The van der Waals surface area contributed by atoms with Gasteiger partial charge in [0.15, 0.2) is 17.2 Å². The fraction of sp³-hybridized carbons (Fsp3) is 0.576. The van der Waals surface area contributed by atoms with E-state index in [1.807, 2.05) is 6.92 Å². The number of hydrogen-bond donors (Lipinski definition) is 4. The molecule has 5 rings (SSSR count). The molecule has 8 heteroatoms. The lowest BCUT2D eigenvalue weighted by Crippen LogP contribution is -2.73. The van der Waals surface area contributed by atoms with Crippen molar-refractivity contribution in [1.29, 1.82) is 0 Å². The molecule has 4 N–H and O–H groups in total. The SMILES string of the molecule is CC(=O)C1=C(O)[C@]2(O)C(=O)C3=C(O)c4c(ccc(C)c4O)[C@@H](C)[C@]3(C)[C@@H](CC(=O)C3CCC3)[C@]2(C)C(C(C)C)C1=O. The number of aliphatic hydroxyl groups excluding tert-OH is 2. The summed E-state index contributed by atoms with van der Waals surface area (Å²) >= 11 is 0. The molecule has 0 aromatic heterocycles. The molecule has 0 amide bonds. The first-order chi connectivity index (χ1) is 19.0. The lowest BCUT2D eigenvalue weighted by Gasteiger charge is -2.65. The lowest BCUT2D eigenvalue weighted by molar-refractivity contribution is -0.200. The number of aliphatic hydroxyl groups is 3. The molecule has 0 saturated heterocycles. The van der Waals surface area contributed by atoms with E-state index in [9.17, 15) is 39.6 Å². The number of phenolic OH excluding ortho intramolecular Hbond substituents is 1. The number of phenols is 1. The number of Topliss-reactive ketones (excluding diaryl/α,β-unsaturated/α-hetero) is 4. The van der Waals surface area contributed by atoms with E-state index in [2.05, 4.69) is 0 Å². The standard InChI is InChI=1S/C33H40O8/c1-14(2)24-27(37)22(17(5)34)29(39)33(41)30(40)25-28(38)23-19(12-11-15(3)26(23)36)16(4)31(25,6)21(32(24,33)7)13-20(35)18-9-8-10-18/h11-12,14,16,18,21,24,36,38-39,41H,8-10,13H2,1-7H3/t16-,21-,24?,31-,32-,33+/m1/s1. The number of aryl methyl sites for hydroxylation is 1. The lowest BCUT2D eigenvalue weighted by atomic mass is 9.37. The Morgan fingerprint density at radius 3 is 2.20 bits per heavy atom. The molecule has 4 aliphatic carbocycles. The van der Waals surface area contributed by atoms with E-state index in [4.69, 9.17) is 0 Å². The largest absolute Gasteiger partial charge is 0.508 e. The highest BCUT2D eigenvalue weighted by molar-refractivity contribution is 6.24. The van der Waals surface area contributed by atoms with Crippen LogP contribution in [0.3, 0.4) is 0 Å². The van der Waals surface area contributed by atoms with Crippen molar-refractivity contribution < 1.29 is 39.6 Å². The van der Waals surface area contributed by atoms with Crippen molar-refractivity contribution >= 4 is 28.9 Å². The minimum absolute atomic E-state index is 0.0558. The molecule has 6 atom stereocenters. The Bertz CT molecular complexity index is 1480. The molecular formula is C33H40O8. The van der Waals surface area contributed by atoms with Gasteiger partial charge in [0, 0.05) is 34.7 Å². The minimum atomic E-state index is -2.78. The second kappa shape index (κ2) is 9.12. The Hall–Kier alpha value is -3.26. The predicted octanol–water partition coefficient (Wildman–Crippen LogP) is 5.04. The summed E-state index contributed by atoms with van der Waals surface area (Å²) in [4.78, 5) is 55.2. The third kappa shape index (κ3) is 3.37. The average molecular weight is 565 g/mol. The molecule has 1 aromatic rings. The quantitative estimate of drug-likeness (QED) is 0.363. The van der Waals surface area contributed by atoms with Crippen molar-refractivity contribution in [2.45, 2.75) is 85.7 Å². The molecule has 8 nitrogen and oxygen atoms in total. The van der Waals surface area contributed by atoms with Gasteiger partial charge in [-0.15, -0.1) is 0 Å². The molecule has 1 aromatic carbocycles. The third-order valence-electron chi connectivity index (χ3n) is 11.3. The van der Waals surface area contributed by atoms with E-state index >= 15 is 0 Å². The summed E-state index contributed by atoms with van der Waals surface area (Å²) in [6, 6.07) is 3.50. The van der Waals surface area contributed by atoms with Crippen LogP contribution in [0.4, 0.5) is 0 Å². The summed E-state index contributed by atoms with van der Waals surface area (Å²) < 4.78 is 0. The fourth-order valence-electron chi connectivity index (χ4n) is 8.76. The van der Waals surface area contributed by atoms with Crippen molar-refractivity contribution in [3.8, 4) is 5.75 Å². The maximum Gasteiger partial charge on any atom is 0.203 e. The van der Waals surface area contributed by atoms with Crippen LogP contribution in [0, 0.1) is 41.4 Å². The normalized spacial score (nSPS) is 35.2. The van der Waals surface area contributed by atoms with E-state index in [0.717, 1.165) is 26.2 Å². The van der Waals surface area contributed by atoms with Crippen LogP contribution in [0.5, 0.6) is 5.75 Å². The zero-order chi connectivity index (χ0) is 30.6. The minimum Gasteiger partial charge on any atom is -0.508 e. The van der Waals surface area contributed by atoms with Gasteiger partial charge in [-0.3, -0.25) is 19.2 Å². The topological polar surface area (TPSA) is 149 Å². The molecule has 1 unspecified atom stereocenters. The molecule has 220 valence electrons. The van der Waals surface area contributed by atoms with Crippen LogP contribution in [-0.2, 0) is 19.2 Å². The first kappa shape index (κ1) is 29.2. The summed E-state index contributed by atoms with van der Waals surface area (Å²) in [5.74, 6) is -7.49. The van der Waals surface area contributed by atoms with Crippen molar-refractivity contribution in [3.05, 3.63) is 45.7 Å². The van der Waals surface area contributed by atoms with Gasteiger partial charge < -0.3 is 20.4 Å². The van der Waals surface area contributed by atoms with Crippen molar-refractivity contribution in [3.63, 3.8) is 0 Å². The number of hydrogen-bond acceptors (Lipinski definition) is 8. The van der Waals surface area contributed by atoms with Crippen LogP contribution in [-0.4, -0.2) is 49.2 Å². The van der Waals surface area contributed by atoms with Gasteiger partial charge in [0.2, 0.25) is 5.78 Å². The highest BCUT2D eigenvalue weighted by atomic mass is 16.3. The molecule has 0 aliphatic heterocycles. The smallest absolute Gasteiger partial charge is 0.203 e. The Morgan fingerprint density at radius 1 is 1.07 bits per heavy atom. The van der Waals surface area contributed by atoms with Crippen LogP contribution >= 0.6 is 0 Å². The number of aromatic hydroxyl groups is 1. The van der Waals surface area contributed by atoms with E-state index in [0.29, 0.717) is 11.1 Å². The fourth-order valence-corrected chi connectivity index (χ4v) is 8.76. The van der Waals surface area contributed by atoms with Crippen molar-refractivity contribution in [1.82, 2.24) is 0 Å². The second-order valence-electron chi connectivity index (χ2n) is 13.5. The van der Waals surface area contributed by atoms with Gasteiger partial charge in [-0.25, -0.2) is 0 Å². The maximum atomic E-state index is 14.7. The van der Waals surface area contributed by atoms with Crippen LogP contribution in [0.1, 0.15) is 89.8 Å². The molecule has 2 saturated carbocycles. The zero-order valence-electron chi connectivity index (χ0n) is 24.8. The van der Waals surface area contributed by atoms with E-state index in [-0.39, 0.29) is 35.0 Å². The molecule has 2 fully saturated rings. The number of fused-ring (bicyclic) bond motifs is 3. The van der Waals surface area contributed by atoms with Gasteiger partial charge in [-0.1, -0.05) is 53.2 Å². The number of ketones is 4. The van der Waals surface area contributed by atoms with Gasteiger partial charge >= 0.3 is 0 Å². The van der Waals surface area contributed by atoms with Crippen molar-refractivity contribution in [2.24, 2.45) is 34.5 Å². The third-order valence-corrected chi connectivity index (χ3v) is 11.3. The summed E-state index contributed by atoms with van der Waals surface area (Å²) in [6.45, 7) is 11.5. The summed E-state index contributed by atoms with van der Waals surface area (Å²) in [6.07, 6.45) is 2.29. The monoisotopic (exact) mass is 564 g/mol. The van der Waals surface area contributed by atoms with Crippen LogP contribution in [0.25, 0.3) is 5.76 Å². The van der Waals surface area contributed by atoms with Crippen LogP contribution < -0.4 is 0 Å². The van der Waals surface area contributed by atoms with E-state index in [1.165, 1.54) is 0 Å². The van der Waals surface area contributed by atoms with Gasteiger partial charge in [0.05, 0.1) is 5.56 Å². The maximum absolute atomic E-state index is 14.7. The number of benzene rings is 1. The van der Waals surface area contributed by atoms with E-state index in [1.54, 1.807) is 46.8 Å². The Labute approximate surface area is 240 Å². The van der Waals surface area contributed by atoms with Gasteiger partial charge in [-0.2, -0.15) is 0 Å². The Kier molecular flexibility index (Phi) is 6.50. The van der Waals surface area contributed by atoms with Crippen LogP contribution in [0.2, 0.25) is 0 Å². The van der Waals surface area contributed by atoms with E-state index < -0.39 is 74.5 Å².